The number of aromatic nitrogens is 4. The Balaban J connectivity index is 1.41. The number of nitrogens with one attached hydrogen (secondary N) is 2. The lowest BCUT2D eigenvalue weighted by molar-refractivity contribution is -0.115. The fraction of sp³-hybridized carbons (Fsp3) is 0.148. The number of hydrogen-bond donors (Lipinski definition) is 3. The highest BCUT2D eigenvalue weighted by atomic mass is 16.2. The zero-order valence-electron chi connectivity index (χ0n) is 19.6. The molecular weight excluding hydrogens is 454 g/mol. The van der Waals surface area contributed by atoms with Crippen molar-refractivity contribution >= 4 is 23.5 Å². The van der Waals surface area contributed by atoms with Gasteiger partial charge in [-0.25, -0.2) is 9.97 Å². The number of anilines is 2. The van der Waals surface area contributed by atoms with E-state index in [-0.39, 0.29) is 24.2 Å². The van der Waals surface area contributed by atoms with Crippen molar-refractivity contribution in [1.82, 2.24) is 24.8 Å². The largest absolute Gasteiger partial charge is 0.368 e. The van der Waals surface area contributed by atoms with Gasteiger partial charge in [0, 0.05) is 43.7 Å². The van der Waals surface area contributed by atoms with Crippen LogP contribution in [0.15, 0.2) is 61.1 Å². The van der Waals surface area contributed by atoms with E-state index in [9.17, 15) is 9.59 Å². The first-order chi connectivity index (χ1) is 17.5. The molecule has 0 fully saturated rings. The Hall–Kier alpha value is -4.97. The van der Waals surface area contributed by atoms with Gasteiger partial charge in [-0.05, 0) is 35.9 Å². The number of fused-ring (bicyclic) bond motifs is 1. The van der Waals surface area contributed by atoms with Crippen LogP contribution in [0, 0.1) is 11.8 Å². The highest BCUT2D eigenvalue weighted by molar-refractivity contribution is 5.98. The first-order valence-electron chi connectivity index (χ1n) is 11.4. The summed E-state index contributed by atoms with van der Waals surface area (Å²) >= 11 is 0. The molecule has 4 heterocycles. The standard InChI is InChI=1S/C27H23N7O2/c1-34-22-9-11-30-26(36)21(22)14-23(34)25-19(15-31-27(28)33-25)8-7-17-4-2-5-18(12-17)13-24(35)32-20-6-3-10-29-16-20/h2-6,10,12,14-16H,9,11,13H2,1H3,(H,30,36)(H,32,35)(H2,28,31,33). The number of nitrogens with two attached hydrogens (primary N) is 1. The van der Waals surface area contributed by atoms with Crippen molar-refractivity contribution in [3.63, 3.8) is 0 Å². The van der Waals surface area contributed by atoms with Gasteiger partial charge < -0.3 is 20.9 Å². The first-order valence-corrected chi connectivity index (χ1v) is 11.4. The van der Waals surface area contributed by atoms with Crippen molar-refractivity contribution in [1.29, 1.82) is 0 Å². The number of carbonyl (C=O) groups excluding carboxylic acids is 2. The Morgan fingerprint density at radius 2 is 2.08 bits per heavy atom. The van der Waals surface area contributed by atoms with Gasteiger partial charge in [0.2, 0.25) is 11.9 Å². The maximum atomic E-state index is 12.4. The van der Waals surface area contributed by atoms with Gasteiger partial charge in [-0.15, -0.1) is 0 Å². The molecule has 4 aromatic rings. The minimum absolute atomic E-state index is 0.0999. The van der Waals surface area contributed by atoms with E-state index < -0.39 is 0 Å². The number of benzene rings is 1. The van der Waals surface area contributed by atoms with Crippen molar-refractivity contribution in [2.75, 3.05) is 17.6 Å². The molecular formula is C27H23N7O2. The maximum absolute atomic E-state index is 12.4. The third-order valence-corrected chi connectivity index (χ3v) is 5.88. The Morgan fingerprint density at radius 1 is 1.19 bits per heavy atom. The molecule has 1 aliphatic heterocycles. The second kappa shape index (κ2) is 9.72. The first kappa shape index (κ1) is 22.8. The van der Waals surface area contributed by atoms with Crippen LogP contribution in [0.4, 0.5) is 11.6 Å². The lowest BCUT2D eigenvalue weighted by Gasteiger charge is -2.14. The molecule has 0 unspecified atom stereocenters. The second-order valence-electron chi connectivity index (χ2n) is 8.36. The van der Waals surface area contributed by atoms with E-state index in [0.717, 1.165) is 28.9 Å². The third-order valence-electron chi connectivity index (χ3n) is 5.88. The van der Waals surface area contributed by atoms with Crippen LogP contribution in [-0.2, 0) is 24.7 Å². The van der Waals surface area contributed by atoms with Crippen LogP contribution >= 0.6 is 0 Å². The monoisotopic (exact) mass is 477 g/mol. The molecule has 0 radical (unpaired) electrons. The summed E-state index contributed by atoms with van der Waals surface area (Å²) in [6.07, 6.45) is 5.78. The average molecular weight is 478 g/mol. The molecule has 1 aromatic carbocycles. The summed E-state index contributed by atoms with van der Waals surface area (Å²) in [5.74, 6) is 6.17. The van der Waals surface area contributed by atoms with Crippen LogP contribution in [0.25, 0.3) is 11.4 Å². The number of nitrogens with zero attached hydrogens (tertiary/aromatic N) is 4. The molecule has 3 aromatic heterocycles. The lowest BCUT2D eigenvalue weighted by Crippen LogP contribution is -2.31. The summed E-state index contributed by atoms with van der Waals surface area (Å²) < 4.78 is 1.96. The van der Waals surface area contributed by atoms with Gasteiger partial charge in [-0.2, -0.15) is 0 Å². The molecule has 0 atom stereocenters. The number of rotatable bonds is 4. The van der Waals surface area contributed by atoms with Crippen LogP contribution in [0.2, 0.25) is 0 Å². The van der Waals surface area contributed by atoms with Gasteiger partial charge in [0.25, 0.3) is 5.91 Å². The van der Waals surface area contributed by atoms with E-state index in [4.69, 9.17) is 5.73 Å². The topological polar surface area (TPSA) is 128 Å². The predicted molar refractivity (Wildman–Crippen MR) is 136 cm³/mol. The molecule has 0 spiro atoms. The second-order valence-corrected chi connectivity index (χ2v) is 8.36. The number of hydrogen-bond acceptors (Lipinski definition) is 6. The number of nitrogen functional groups attached to an aromatic ring is 1. The SMILES string of the molecule is Cn1c(-c2nc(N)ncc2C#Cc2cccc(CC(=O)Nc3cccnc3)c2)cc2c1CCNC2=O. The molecule has 4 N–H and O–H groups in total. The van der Waals surface area contributed by atoms with Crippen LogP contribution in [0.1, 0.15) is 32.7 Å². The highest BCUT2D eigenvalue weighted by Gasteiger charge is 2.24. The minimum atomic E-state index is -0.140. The van der Waals surface area contributed by atoms with Gasteiger partial charge in [-0.3, -0.25) is 14.6 Å². The fourth-order valence-electron chi connectivity index (χ4n) is 4.17. The Labute approximate surface area is 207 Å². The molecule has 5 rings (SSSR count). The van der Waals surface area contributed by atoms with E-state index >= 15 is 0 Å². The van der Waals surface area contributed by atoms with E-state index in [2.05, 4.69) is 37.4 Å². The molecule has 9 nitrogen and oxygen atoms in total. The maximum Gasteiger partial charge on any atom is 0.253 e. The normalized spacial score (nSPS) is 12.2. The highest BCUT2D eigenvalue weighted by Crippen LogP contribution is 2.28. The molecule has 1 aliphatic rings. The van der Waals surface area contributed by atoms with Gasteiger partial charge in [0.1, 0.15) is 5.69 Å². The van der Waals surface area contributed by atoms with Gasteiger partial charge in [0.15, 0.2) is 0 Å². The Morgan fingerprint density at radius 3 is 2.89 bits per heavy atom. The third kappa shape index (κ3) is 4.79. The quantitative estimate of drug-likeness (QED) is 0.387. The molecule has 2 amide bonds. The molecule has 0 aliphatic carbocycles. The molecule has 0 saturated carbocycles. The van der Waals surface area contributed by atoms with Crippen LogP contribution < -0.4 is 16.4 Å². The summed E-state index contributed by atoms with van der Waals surface area (Å²) in [4.78, 5) is 37.3. The van der Waals surface area contributed by atoms with E-state index in [1.165, 1.54) is 0 Å². The van der Waals surface area contributed by atoms with Crippen molar-refractivity contribution in [2.24, 2.45) is 7.05 Å². The van der Waals surface area contributed by atoms with Gasteiger partial charge >= 0.3 is 0 Å². The average Bonchev–Trinajstić information content (AvgIpc) is 3.21. The van der Waals surface area contributed by atoms with Crippen molar-refractivity contribution in [3.05, 3.63) is 89.0 Å². The smallest absolute Gasteiger partial charge is 0.253 e. The number of pyridine rings is 1. The van der Waals surface area contributed by atoms with Crippen LogP contribution in [0.5, 0.6) is 0 Å². The fourth-order valence-corrected chi connectivity index (χ4v) is 4.17. The summed E-state index contributed by atoms with van der Waals surface area (Å²) in [7, 11) is 1.91. The van der Waals surface area contributed by atoms with Gasteiger partial charge in [0.05, 0.1) is 35.1 Å². The lowest BCUT2D eigenvalue weighted by atomic mass is 10.1. The van der Waals surface area contributed by atoms with Crippen LogP contribution in [-0.4, -0.2) is 37.9 Å². The summed E-state index contributed by atoms with van der Waals surface area (Å²) in [6.45, 7) is 0.596. The van der Waals surface area contributed by atoms with Crippen molar-refractivity contribution in [2.45, 2.75) is 12.8 Å². The number of carbonyl (C=O) groups is 2. The molecule has 178 valence electrons. The predicted octanol–water partition coefficient (Wildman–Crippen LogP) is 2.33. The van der Waals surface area contributed by atoms with E-state index in [0.29, 0.717) is 29.1 Å². The van der Waals surface area contributed by atoms with Crippen molar-refractivity contribution in [3.8, 4) is 23.2 Å². The Kier molecular flexibility index (Phi) is 6.16. The van der Waals surface area contributed by atoms with Gasteiger partial charge in [-0.1, -0.05) is 24.0 Å². The minimum Gasteiger partial charge on any atom is -0.368 e. The molecule has 0 bridgehead atoms. The van der Waals surface area contributed by atoms with Crippen LogP contribution in [0.3, 0.4) is 0 Å². The summed E-state index contributed by atoms with van der Waals surface area (Å²) in [5.41, 5.74) is 11.6. The van der Waals surface area contributed by atoms with Crippen molar-refractivity contribution < 1.29 is 9.59 Å². The number of amides is 2. The zero-order valence-corrected chi connectivity index (χ0v) is 19.6. The molecule has 36 heavy (non-hydrogen) atoms. The molecule has 9 heteroatoms. The summed E-state index contributed by atoms with van der Waals surface area (Å²) in [6, 6.07) is 12.9. The zero-order chi connectivity index (χ0) is 25.1. The van der Waals surface area contributed by atoms with E-state index in [1.807, 2.05) is 41.9 Å². The summed E-state index contributed by atoms with van der Waals surface area (Å²) in [5, 5.41) is 5.70. The molecule has 0 saturated heterocycles. The Bertz CT molecular complexity index is 1530. The van der Waals surface area contributed by atoms with E-state index in [1.54, 1.807) is 30.7 Å².